The highest BCUT2D eigenvalue weighted by Gasteiger charge is 2.32. The third kappa shape index (κ3) is 3.54. The smallest absolute Gasteiger partial charge is 0.246 e. The van der Waals surface area contributed by atoms with Crippen molar-refractivity contribution in [3.05, 3.63) is 46.8 Å². The Morgan fingerprint density at radius 3 is 2.59 bits per heavy atom. The Morgan fingerprint density at radius 2 is 1.85 bits per heavy atom. The normalized spacial score (nSPS) is 21.2. The minimum atomic E-state index is -3.53. The maximum Gasteiger partial charge on any atom is 0.246 e. The van der Waals surface area contributed by atoms with Crippen molar-refractivity contribution < 1.29 is 18.1 Å². The van der Waals surface area contributed by atoms with Crippen LogP contribution in [0, 0.1) is 13.8 Å². The molecule has 0 spiro atoms. The number of rotatable bonds is 4. The van der Waals surface area contributed by atoms with Crippen LogP contribution in [0.25, 0.3) is 0 Å². The second-order valence-electron chi connectivity index (χ2n) is 7.37. The second-order valence-corrected chi connectivity index (χ2v) is 9.24. The SMILES string of the molecule is Cc1nn(C[NH+]2CCc3ccccc3C2)c(C)c1S(=O)(=O)N1CCOCC1. The number of benzene rings is 1. The van der Waals surface area contributed by atoms with Gasteiger partial charge in [0, 0.05) is 25.1 Å². The molecule has 0 saturated carbocycles. The number of nitrogens with one attached hydrogen (secondary N) is 1. The predicted molar refractivity (Wildman–Crippen MR) is 101 cm³/mol. The largest absolute Gasteiger partial charge is 0.379 e. The summed E-state index contributed by atoms with van der Waals surface area (Å²) in [6.07, 6.45) is 1.05. The Kier molecular flexibility index (Phi) is 5.07. The molecule has 0 amide bonds. The maximum atomic E-state index is 13.1. The Bertz CT molecular complexity index is 932. The summed E-state index contributed by atoms with van der Waals surface area (Å²) in [5, 5.41) is 4.58. The van der Waals surface area contributed by atoms with Crippen LogP contribution < -0.4 is 4.90 Å². The van der Waals surface area contributed by atoms with E-state index in [4.69, 9.17) is 4.74 Å². The molecule has 0 bridgehead atoms. The Balaban J connectivity index is 1.56. The zero-order valence-corrected chi connectivity index (χ0v) is 16.8. The van der Waals surface area contributed by atoms with Gasteiger partial charge in [0.15, 0.2) is 6.67 Å². The summed E-state index contributed by atoms with van der Waals surface area (Å²) in [6.45, 7) is 8.01. The number of hydrogen-bond acceptors (Lipinski definition) is 4. The predicted octanol–water partition coefficient (Wildman–Crippen LogP) is 0.120. The molecular weight excluding hydrogens is 364 g/mol. The first-order chi connectivity index (χ1) is 13.0. The molecule has 1 aromatic heterocycles. The van der Waals surface area contributed by atoms with Crippen LogP contribution in [-0.4, -0.2) is 55.4 Å². The molecule has 27 heavy (non-hydrogen) atoms. The van der Waals surface area contributed by atoms with Gasteiger partial charge >= 0.3 is 0 Å². The molecule has 1 fully saturated rings. The van der Waals surface area contributed by atoms with E-state index in [2.05, 4.69) is 29.4 Å². The van der Waals surface area contributed by atoms with Crippen LogP contribution in [0.5, 0.6) is 0 Å². The van der Waals surface area contributed by atoms with Crippen LogP contribution in [0.15, 0.2) is 29.2 Å². The van der Waals surface area contributed by atoms with Gasteiger partial charge in [-0.1, -0.05) is 24.3 Å². The topological polar surface area (TPSA) is 68.9 Å². The van der Waals surface area contributed by atoms with Gasteiger partial charge in [-0.3, -0.25) is 0 Å². The Hall–Kier alpha value is -1.74. The van der Waals surface area contributed by atoms with Crippen molar-refractivity contribution in [3.8, 4) is 0 Å². The lowest BCUT2D eigenvalue weighted by Crippen LogP contribution is -3.11. The molecule has 7 nitrogen and oxygen atoms in total. The van der Waals surface area contributed by atoms with Gasteiger partial charge in [0.25, 0.3) is 0 Å². The fraction of sp³-hybridized carbons (Fsp3) is 0.526. The number of ether oxygens (including phenoxy) is 1. The van der Waals surface area contributed by atoms with E-state index in [-0.39, 0.29) is 0 Å². The van der Waals surface area contributed by atoms with Gasteiger partial charge in [0.1, 0.15) is 11.4 Å². The van der Waals surface area contributed by atoms with E-state index in [1.165, 1.54) is 20.3 Å². The molecule has 0 aliphatic carbocycles. The second kappa shape index (κ2) is 7.35. The minimum absolute atomic E-state index is 0.362. The molecule has 0 radical (unpaired) electrons. The van der Waals surface area contributed by atoms with Crippen molar-refractivity contribution in [2.45, 2.75) is 38.4 Å². The first kappa shape index (κ1) is 18.6. The summed E-state index contributed by atoms with van der Waals surface area (Å²) < 4.78 is 34.9. The number of nitrogens with zero attached hydrogens (tertiary/aromatic N) is 3. The van der Waals surface area contributed by atoms with Gasteiger partial charge in [-0.05, 0) is 19.4 Å². The molecule has 1 unspecified atom stereocenters. The molecule has 8 heteroatoms. The van der Waals surface area contributed by atoms with E-state index >= 15 is 0 Å². The number of fused-ring (bicyclic) bond motifs is 1. The maximum absolute atomic E-state index is 13.1. The Morgan fingerprint density at radius 1 is 1.15 bits per heavy atom. The number of sulfonamides is 1. The number of aromatic nitrogens is 2. The summed E-state index contributed by atoms with van der Waals surface area (Å²) >= 11 is 0. The molecule has 2 aliphatic heterocycles. The first-order valence-corrected chi connectivity index (χ1v) is 10.9. The van der Waals surface area contributed by atoms with Crippen LogP contribution in [0.4, 0.5) is 0 Å². The zero-order chi connectivity index (χ0) is 19.0. The summed E-state index contributed by atoms with van der Waals surface area (Å²) in [6, 6.07) is 8.55. The van der Waals surface area contributed by atoms with Gasteiger partial charge in [0.05, 0.1) is 31.1 Å². The molecule has 2 aliphatic rings. The molecule has 4 rings (SSSR count). The highest BCUT2D eigenvalue weighted by Crippen LogP contribution is 2.24. The van der Waals surface area contributed by atoms with E-state index in [1.807, 2.05) is 11.6 Å². The quantitative estimate of drug-likeness (QED) is 0.804. The van der Waals surface area contributed by atoms with Gasteiger partial charge in [0.2, 0.25) is 10.0 Å². The van der Waals surface area contributed by atoms with E-state index in [0.29, 0.717) is 43.6 Å². The van der Waals surface area contributed by atoms with Crippen molar-refractivity contribution in [3.63, 3.8) is 0 Å². The molecule has 146 valence electrons. The number of morpholine rings is 1. The van der Waals surface area contributed by atoms with E-state index in [9.17, 15) is 8.42 Å². The Labute approximate surface area is 160 Å². The summed E-state index contributed by atoms with van der Waals surface area (Å²) in [5.74, 6) is 0. The average Bonchev–Trinajstić information content (AvgIpc) is 2.96. The molecule has 1 aromatic carbocycles. The van der Waals surface area contributed by atoms with E-state index < -0.39 is 10.0 Å². The highest BCUT2D eigenvalue weighted by atomic mass is 32.2. The lowest BCUT2D eigenvalue weighted by Gasteiger charge is -2.27. The average molecular weight is 392 g/mol. The zero-order valence-electron chi connectivity index (χ0n) is 15.9. The minimum Gasteiger partial charge on any atom is -0.379 e. The molecule has 1 saturated heterocycles. The summed E-state index contributed by atoms with van der Waals surface area (Å²) in [5.41, 5.74) is 4.10. The summed E-state index contributed by atoms with van der Waals surface area (Å²) in [4.78, 5) is 1.76. The van der Waals surface area contributed by atoms with Gasteiger partial charge in [-0.2, -0.15) is 9.40 Å². The lowest BCUT2D eigenvalue weighted by atomic mass is 10.0. The van der Waals surface area contributed by atoms with E-state index in [1.54, 1.807) is 6.92 Å². The van der Waals surface area contributed by atoms with Gasteiger partial charge in [-0.25, -0.2) is 13.1 Å². The lowest BCUT2D eigenvalue weighted by molar-refractivity contribution is -0.939. The third-order valence-electron chi connectivity index (χ3n) is 5.56. The van der Waals surface area contributed by atoms with Crippen molar-refractivity contribution in [2.24, 2.45) is 0 Å². The number of quaternary nitrogens is 1. The van der Waals surface area contributed by atoms with Crippen LogP contribution in [0.3, 0.4) is 0 Å². The van der Waals surface area contributed by atoms with Crippen molar-refractivity contribution in [1.29, 1.82) is 0 Å². The van der Waals surface area contributed by atoms with Crippen molar-refractivity contribution in [1.82, 2.24) is 14.1 Å². The highest BCUT2D eigenvalue weighted by molar-refractivity contribution is 7.89. The molecule has 3 heterocycles. The number of hydrogen-bond donors (Lipinski definition) is 1. The standard InChI is InChI=1S/C19H26N4O3S/c1-15-19(27(24,25)22-9-11-26-12-10-22)16(2)23(20-15)14-21-8-7-17-5-3-4-6-18(17)13-21/h3-6H,7-14H2,1-2H3/p+1. The van der Waals surface area contributed by atoms with Gasteiger partial charge in [-0.15, -0.1) is 0 Å². The molecular formula is C19H27N4O3S+. The van der Waals surface area contributed by atoms with E-state index in [0.717, 1.165) is 25.2 Å². The van der Waals surface area contributed by atoms with Crippen LogP contribution >= 0.6 is 0 Å². The monoisotopic (exact) mass is 391 g/mol. The number of aryl methyl sites for hydroxylation is 1. The molecule has 1 N–H and O–H groups in total. The van der Waals surface area contributed by atoms with Crippen molar-refractivity contribution in [2.75, 3.05) is 32.8 Å². The fourth-order valence-electron chi connectivity index (χ4n) is 4.11. The van der Waals surface area contributed by atoms with Gasteiger partial charge < -0.3 is 9.64 Å². The summed E-state index contributed by atoms with van der Waals surface area (Å²) in [7, 11) is -3.53. The first-order valence-electron chi connectivity index (χ1n) is 9.49. The molecule has 1 atom stereocenters. The van der Waals surface area contributed by atoms with Crippen LogP contribution in [-0.2, 0) is 34.4 Å². The molecule has 2 aromatic rings. The van der Waals surface area contributed by atoms with Crippen LogP contribution in [0.2, 0.25) is 0 Å². The fourth-order valence-corrected chi connectivity index (χ4v) is 5.89. The van der Waals surface area contributed by atoms with Crippen molar-refractivity contribution >= 4 is 10.0 Å². The third-order valence-corrected chi connectivity index (χ3v) is 7.71. The van der Waals surface area contributed by atoms with Crippen LogP contribution in [0.1, 0.15) is 22.5 Å².